The monoisotopic (exact) mass is 382 g/mol. The fourth-order valence-electron chi connectivity index (χ4n) is 3.30. The van der Waals surface area contributed by atoms with Crippen LogP contribution in [0.4, 0.5) is 8.78 Å². The molecule has 2 heterocycles. The Kier molecular flexibility index (Phi) is 6.26. The summed E-state index contributed by atoms with van der Waals surface area (Å²) in [4.78, 5) is 4.47. The van der Waals surface area contributed by atoms with Gasteiger partial charge in [0.25, 0.3) is 5.89 Å². The van der Waals surface area contributed by atoms with E-state index in [9.17, 15) is 8.78 Å². The molecule has 1 aliphatic rings. The zero-order valence-corrected chi connectivity index (χ0v) is 15.7. The molecule has 27 heavy (non-hydrogen) atoms. The largest absolute Gasteiger partial charge is 0.490 e. The Morgan fingerprint density at radius 3 is 2.78 bits per heavy atom. The van der Waals surface area contributed by atoms with Gasteiger partial charge in [0.1, 0.15) is 6.10 Å². The van der Waals surface area contributed by atoms with E-state index >= 15 is 0 Å². The second kappa shape index (κ2) is 8.65. The highest BCUT2D eigenvalue weighted by molar-refractivity contribution is 5.43. The highest BCUT2D eigenvalue weighted by Crippen LogP contribution is 2.38. The third-order valence-corrected chi connectivity index (χ3v) is 4.61. The van der Waals surface area contributed by atoms with Crippen molar-refractivity contribution in [3.63, 3.8) is 0 Å². The van der Waals surface area contributed by atoms with Gasteiger partial charge >= 0.3 is 6.61 Å². The quantitative estimate of drug-likeness (QED) is 0.674. The molecule has 0 unspecified atom stereocenters. The van der Waals surface area contributed by atoms with Gasteiger partial charge in [-0.15, -0.1) is 0 Å². The Labute approximate surface area is 156 Å². The average Bonchev–Trinajstić information content (AvgIpc) is 3.26. The summed E-state index contributed by atoms with van der Waals surface area (Å²) in [5, 5.41) is 4.04. The van der Waals surface area contributed by atoms with Gasteiger partial charge in [-0.05, 0) is 42.9 Å². The maximum Gasteiger partial charge on any atom is 0.387 e. The lowest BCUT2D eigenvalue weighted by Gasteiger charge is -2.18. The molecule has 148 valence electrons. The highest BCUT2D eigenvalue weighted by Gasteiger charge is 2.35. The lowest BCUT2D eigenvalue weighted by Crippen LogP contribution is -2.14. The van der Waals surface area contributed by atoms with Crippen molar-refractivity contribution in [1.29, 1.82) is 0 Å². The molecule has 0 saturated carbocycles. The molecule has 0 bridgehead atoms. The van der Waals surface area contributed by atoms with Gasteiger partial charge in [0, 0.05) is 13.0 Å². The number of halogens is 2. The standard InChI is InChI=1S/C19H24F2N2O4/c1-4-24-15-9-12(5-6-14(15)26-19(20)21)10-16-22-18(27-23-16)17-13(11(2)3)7-8-25-17/h5-6,9,11,13,17,19H,4,7-8,10H2,1-3H3/t13-,17-/m0/s1. The molecule has 0 spiro atoms. The zero-order chi connectivity index (χ0) is 19.4. The Hall–Kier alpha value is -2.22. The molecule has 2 atom stereocenters. The summed E-state index contributed by atoms with van der Waals surface area (Å²) in [5.41, 5.74) is 0.806. The summed E-state index contributed by atoms with van der Waals surface area (Å²) < 4.78 is 46.1. The van der Waals surface area contributed by atoms with Crippen molar-refractivity contribution in [1.82, 2.24) is 10.1 Å². The molecule has 2 aromatic rings. The van der Waals surface area contributed by atoms with Crippen LogP contribution >= 0.6 is 0 Å². The number of benzene rings is 1. The lowest BCUT2D eigenvalue weighted by atomic mass is 9.89. The normalized spacial score (nSPS) is 19.8. The molecule has 1 aromatic heterocycles. The van der Waals surface area contributed by atoms with Crippen LogP contribution < -0.4 is 9.47 Å². The van der Waals surface area contributed by atoms with Crippen molar-refractivity contribution in [2.24, 2.45) is 11.8 Å². The first kappa shape index (κ1) is 19.5. The fourth-order valence-corrected chi connectivity index (χ4v) is 3.30. The summed E-state index contributed by atoms with van der Waals surface area (Å²) in [5.74, 6) is 2.08. The zero-order valence-electron chi connectivity index (χ0n) is 15.7. The van der Waals surface area contributed by atoms with Crippen LogP contribution in [0.5, 0.6) is 11.5 Å². The number of alkyl halides is 2. The summed E-state index contributed by atoms with van der Waals surface area (Å²) in [6.45, 7) is 4.20. The van der Waals surface area contributed by atoms with Crippen molar-refractivity contribution < 1.29 is 27.5 Å². The molecule has 0 N–H and O–H groups in total. The van der Waals surface area contributed by atoms with Crippen molar-refractivity contribution in [2.45, 2.75) is 46.3 Å². The Balaban J connectivity index is 1.74. The second-order valence-corrected chi connectivity index (χ2v) is 6.81. The summed E-state index contributed by atoms with van der Waals surface area (Å²) in [6.07, 6.45) is 1.19. The minimum Gasteiger partial charge on any atom is -0.490 e. The first-order valence-electron chi connectivity index (χ1n) is 9.12. The van der Waals surface area contributed by atoms with E-state index in [0.717, 1.165) is 12.0 Å². The van der Waals surface area contributed by atoms with E-state index in [1.807, 2.05) is 0 Å². The predicted octanol–water partition coefficient (Wildman–Crippen LogP) is 4.39. The molecule has 1 aromatic carbocycles. The molecular formula is C19H24F2N2O4. The van der Waals surface area contributed by atoms with E-state index in [0.29, 0.717) is 43.2 Å². The number of hydrogen-bond acceptors (Lipinski definition) is 6. The molecular weight excluding hydrogens is 358 g/mol. The van der Waals surface area contributed by atoms with E-state index in [1.54, 1.807) is 19.1 Å². The predicted molar refractivity (Wildman–Crippen MR) is 93.0 cm³/mol. The van der Waals surface area contributed by atoms with E-state index in [-0.39, 0.29) is 17.6 Å². The molecule has 1 fully saturated rings. The number of rotatable bonds is 8. The Morgan fingerprint density at radius 1 is 1.26 bits per heavy atom. The number of hydrogen-bond donors (Lipinski definition) is 0. The van der Waals surface area contributed by atoms with Gasteiger partial charge in [0.2, 0.25) is 0 Å². The van der Waals surface area contributed by atoms with Crippen molar-refractivity contribution in [2.75, 3.05) is 13.2 Å². The van der Waals surface area contributed by atoms with Crippen molar-refractivity contribution in [3.05, 3.63) is 35.5 Å². The van der Waals surface area contributed by atoms with Crippen LogP contribution in [0.1, 0.15) is 50.6 Å². The topological polar surface area (TPSA) is 66.6 Å². The number of aromatic nitrogens is 2. The molecule has 3 rings (SSSR count). The molecule has 8 heteroatoms. The van der Waals surface area contributed by atoms with Gasteiger partial charge in [-0.3, -0.25) is 0 Å². The van der Waals surface area contributed by atoms with E-state index < -0.39 is 6.61 Å². The van der Waals surface area contributed by atoms with Gasteiger partial charge in [0.15, 0.2) is 17.3 Å². The van der Waals surface area contributed by atoms with Crippen LogP contribution in [-0.2, 0) is 11.2 Å². The van der Waals surface area contributed by atoms with Crippen LogP contribution in [0, 0.1) is 11.8 Å². The number of nitrogens with zero attached hydrogens (tertiary/aromatic N) is 2. The molecule has 1 saturated heterocycles. The maximum absolute atomic E-state index is 12.5. The second-order valence-electron chi connectivity index (χ2n) is 6.81. The minimum absolute atomic E-state index is 0.00327. The maximum atomic E-state index is 12.5. The van der Waals surface area contributed by atoms with Gasteiger partial charge in [-0.2, -0.15) is 13.8 Å². The minimum atomic E-state index is -2.91. The third-order valence-electron chi connectivity index (χ3n) is 4.61. The molecule has 0 aliphatic carbocycles. The van der Waals surface area contributed by atoms with Gasteiger partial charge in [-0.1, -0.05) is 25.1 Å². The average molecular weight is 382 g/mol. The SMILES string of the molecule is CCOc1cc(Cc2noc([C@H]3OCC[C@H]3C(C)C)n2)ccc1OC(F)F. The van der Waals surface area contributed by atoms with E-state index in [1.165, 1.54) is 6.07 Å². The molecule has 0 radical (unpaired) electrons. The summed E-state index contributed by atoms with van der Waals surface area (Å²) >= 11 is 0. The fraction of sp³-hybridized carbons (Fsp3) is 0.579. The van der Waals surface area contributed by atoms with Crippen LogP contribution in [0.3, 0.4) is 0 Å². The van der Waals surface area contributed by atoms with Gasteiger partial charge in [0.05, 0.1) is 6.61 Å². The third kappa shape index (κ3) is 4.74. The molecule has 6 nitrogen and oxygen atoms in total. The first-order valence-corrected chi connectivity index (χ1v) is 9.12. The molecule has 1 aliphatic heterocycles. The van der Waals surface area contributed by atoms with Crippen LogP contribution in [0.15, 0.2) is 22.7 Å². The van der Waals surface area contributed by atoms with Crippen LogP contribution in [0.2, 0.25) is 0 Å². The highest BCUT2D eigenvalue weighted by atomic mass is 19.3. The summed E-state index contributed by atoms with van der Waals surface area (Å²) in [6, 6.07) is 4.79. The smallest absolute Gasteiger partial charge is 0.387 e. The Bertz CT molecular complexity index is 751. The van der Waals surface area contributed by atoms with Crippen molar-refractivity contribution in [3.8, 4) is 11.5 Å². The van der Waals surface area contributed by atoms with Gasteiger partial charge < -0.3 is 18.7 Å². The van der Waals surface area contributed by atoms with Crippen molar-refractivity contribution >= 4 is 0 Å². The lowest BCUT2D eigenvalue weighted by molar-refractivity contribution is -0.0514. The van der Waals surface area contributed by atoms with Crippen LogP contribution in [-0.4, -0.2) is 30.0 Å². The summed E-state index contributed by atoms with van der Waals surface area (Å²) in [7, 11) is 0. The Morgan fingerprint density at radius 2 is 2.07 bits per heavy atom. The van der Waals surface area contributed by atoms with Crippen LogP contribution in [0.25, 0.3) is 0 Å². The first-order chi connectivity index (χ1) is 13.0. The number of ether oxygens (including phenoxy) is 3. The van der Waals surface area contributed by atoms with Gasteiger partial charge in [-0.25, -0.2) is 0 Å². The molecule has 0 amide bonds. The van der Waals surface area contributed by atoms with E-state index in [2.05, 4.69) is 28.7 Å². The van der Waals surface area contributed by atoms with E-state index in [4.69, 9.17) is 14.0 Å².